The number of carbonyl (C=O) groups is 1. The van der Waals surface area contributed by atoms with Gasteiger partial charge in [0.05, 0.1) is 7.11 Å². The molecule has 0 saturated heterocycles. The van der Waals surface area contributed by atoms with Crippen molar-refractivity contribution >= 4 is 11.6 Å². The monoisotopic (exact) mass is 403 g/mol. The second-order valence-electron chi connectivity index (χ2n) is 8.38. The molecule has 0 unspecified atom stereocenters. The Bertz CT molecular complexity index is 1020. The summed E-state index contributed by atoms with van der Waals surface area (Å²) >= 11 is 0. The number of hydrogen-bond donors (Lipinski definition) is 1. The maximum absolute atomic E-state index is 12.7. The topological polar surface area (TPSA) is 47.6 Å². The van der Waals surface area contributed by atoms with E-state index in [1.165, 1.54) is 0 Å². The number of benzene rings is 3. The first kappa shape index (κ1) is 21.4. The first-order valence-corrected chi connectivity index (χ1v) is 10.0. The van der Waals surface area contributed by atoms with Crippen molar-refractivity contribution in [2.45, 2.75) is 39.7 Å². The summed E-state index contributed by atoms with van der Waals surface area (Å²) in [6.45, 7) is 8.80. The Morgan fingerprint density at radius 2 is 1.63 bits per heavy atom. The second kappa shape index (κ2) is 9.04. The van der Waals surface area contributed by atoms with Gasteiger partial charge in [0.1, 0.15) is 18.1 Å². The molecule has 3 rings (SSSR count). The molecule has 0 fully saturated rings. The van der Waals surface area contributed by atoms with Gasteiger partial charge in [0.2, 0.25) is 0 Å². The minimum Gasteiger partial charge on any atom is -0.496 e. The third-order valence-corrected chi connectivity index (χ3v) is 4.93. The lowest BCUT2D eigenvalue weighted by molar-refractivity contribution is 0.102. The van der Waals surface area contributed by atoms with Gasteiger partial charge in [-0.2, -0.15) is 0 Å². The normalized spacial score (nSPS) is 11.1. The van der Waals surface area contributed by atoms with Gasteiger partial charge in [0.25, 0.3) is 5.91 Å². The molecule has 4 heteroatoms. The standard InChI is InChI=1S/C26H29NO3/c1-18-10-13-21(14-11-18)27-25(28)19-12-15-23(29-5)20(16-19)17-30-24-9-7-6-8-22(24)26(2,3)4/h6-16H,17H2,1-5H3,(H,27,28). The Hall–Kier alpha value is -3.27. The number of nitrogens with one attached hydrogen (secondary N) is 1. The number of rotatable bonds is 6. The first-order chi connectivity index (χ1) is 14.3. The van der Waals surface area contributed by atoms with Crippen LogP contribution in [0.5, 0.6) is 11.5 Å². The highest BCUT2D eigenvalue weighted by Gasteiger charge is 2.19. The third kappa shape index (κ3) is 5.20. The summed E-state index contributed by atoms with van der Waals surface area (Å²) in [5, 5.41) is 2.93. The molecule has 1 amide bonds. The maximum atomic E-state index is 12.7. The summed E-state index contributed by atoms with van der Waals surface area (Å²) in [5.41, 5.74) is 4.39. The minimum absolute atomic E-state index is 0.0313. The van der Waals surface area contributed by atoms with E-state index < -0.39 is 0 Å². The molecule has 4 nitrogen and oxygen atoms in total. The fourth-order valence-electron chi connectivity index (χ4n) is 3.24. The van der Waals surface area contributed by atoms with Crippen molar-refractivity contribution < 1.29 is 14.3 Å². The van der Waals surface area contributed by atoms with E-state index >= 15 is 0 Å². The highest BCUT2D eigenvalue weighted by molar-refractivity contribution is 6.04. The van der Waals surface area contributed by atoms with Gasteiger partial charge in [-0.1, -0.05) is 56.7 Å². The van der Waals surface area contributed by atoms with Crippen LogP contribution >= 0.6 is 0 Å². The molecule has 0 spiro atoms. The number of hydrogen-bond acceptors (Lipinski definition) is 3. The van der Waals surface area contributed by atoms with Gasteiger partial charge in [0, 0.05) is 16.8 Å². The largest absolute Gasteiger partial charge is 0.496 e. The summed E-state index contributed by atoms with van der Waals surface area (Å²) in [5.74, 6) is 1.36. The maximum Gasteiger partial charge on any atom is 0.255 e. The number of methoxy groups -OCH3 is 1. The van der Waals surface area contributed by atoms with Gasteiger partial charge in [-0.25, -0.2) is 0 Å². The highest BCUT2D eigenvalue weighted by Crippen LogP contribution is 2.32. The number of amides is 1. The zero-order chi connectivity index (χ0) is 21.7. The van der Waals surface area contributed by atoms with Crippen molar-refractivity contribution in [2.75, 3.05) is 12.4 Å². The molecule has 0 heterocycles. The fourth-order valence-corrected chi connectivity index (χ4v) is 3.24. The molecule has 3 aromatic rings. The van der Waals surface area contributed by atoms with E-state index in [0.29, 0.717) is 17.9 Å². The predicted octanol–water partition coefficient (Wildman–Crippen LogP) is 6.13. The number of carbonyl (C=O) groups excluding carboxylic acids is 1. The molecule has 30 heavy (non-hydrogen) atoms. The van der Waals surface area contributed by atoms with Crippen LogP contribution < -0.4 is 14.8 Å². The number of anilines is 1. The lowest BCUT2D eigenvalue weighted by Crippen LogP contribution is -2.14. The van der Waals surface area contributed by atoms with Gasteiger partial charge in [-0.15, -0.1) is 0 Å². The molecular formula is C26H29NO3. The molecule has 0 aromatic heterocycles. The van der Waals surface area contributed by atoms with Crippen LogP contribution in [0.25, 0.3) is 0 Å². The minimum atomic E-state index is -0.169. The van der Waals surface area contributed by atoms with E-state index in [4.69, 9.17) is 9.47 Å². The molecule has 156 valence electrons. The quantitative estimate of drug-likeness (QED) is 0.538. The molecule has 1 N–H and O–H groups in total. The SMILES string of the molecule is COc1ccc(C(=O)Nc2ccc(C)cc2)cc1COc1ccccc1C(C)(C)C. The summed E-state index contributed by atoms with van der Waals surface area (Å²) in [7, 11) is 1.62. The fraction of sp³-hybridized carbons (Fsp3) is 0.269. The van der Waals surface area contributed by atoms with Gasteiger partial charge < -0.3 is 14.8 Å². The van der Waals surface area contributed by atoms with Crippen molar-refractivity contribution in [3.63, 3.8) is 0 Å². The highest BCUT2D eigenvalue weighted by atomic mass is 16.5. The summed E-state index contributed by atoms with van der Waals surface area (Å²) < 4.78 is 11.6. The molecule has 3 aromatic carbocycles. The van der Waals surface area contributed by atoms with Crippen molar-refractivity contribution in [1.29, 1.82) is 0 Å². The molecule has 0 saturated carbocycles. The van der Waals surface area contributed by atoms with Crippen LogP contribution in [0.4, 0.5) is 5.69 Å². The molecule has 0 atom stereocenters. The predicted molar refractivity (Wildman–Crippen MR) is 122 cm³/mol. The van der Waals surface area contributed by atoms with Crippen molar-refractivity contribution in [1.82, 2.24) is 0 Å². The zero-order valence-corrected chi connectivity index (χ0v) is 18.3. The van der Waals surface area contributed by atoms with E-state index in [2.05, 4.69) is 32.2 Å². The number of ether oxygens (including phenoxy) is 2. The van der Waals surface area contributed by atoms with E-state index in [1.54, 1.807) is 19.2 Å². The molecular weight excluding hydrogens is 374 g/mol. The average molecular weight is 404 g/mol. The van der Waals surface area contributed by atoms with Gasteiger partial charge in [-0.05, 0) is 54.3 Å². The van der Waals surface area contributed by atoms with E-state index in [1.807, 2.05) is 55.5 Å². The summed E-state index contributed by atoms with van der Waals surface area (Å²) in [4.78, 5) is 12.7. The zero-order valence-electron chi connectivity index (χ0n) is 18.3. The van der Waals surface area contributed by atoms with Gasteiger partial charge in [-0.3, -0.25) is 4.79 Å². The Morgan fingerprint density at radius 3 is 2.30 bits per heavy atom. The molecule has 0 aliphatic heterocycles. The van der Waals surface area contributed by atoms with E-state index in [-0.39, 0.29) is 11.3 Å². The lowest BCUT2D eigenvalue weighted by atomic mass is 9.86. The average Bonchev–Trinajstić information content (AvgIpc) is 2.73. The van der Waals surface area contributed by atoms with Crippen LogP contribution in [0, 0.1) is 6.92 Å². The van der Waals surface area contributed by atoms with Crippen LogP contribution in [0.2, 0.25) is 0 Å². The van der Waals surface area contributed by atoms with Gasteiger partial charge in [0.15, 0.2) is 0 Å². The lowest BCUT2D eigenvalue weighted by Gasteiger charge is -2.23. The third-order valence-electron chi connectivity index (χ3n) is 4.93. The molecule has 0 bridgehead atoms. The summed E-state index contributed by atoms with van der Waals surface area (Å²) in [6.07, 6.45) is 0. The van der Waals surface area contributed by atoms with Gasteiger partial charge >= 0.3 is 0 Å². The second-order valence-corrected chi connectivity index (χ2v) is 8.38. The number of para-hydroxylation sites is 1. The van der Waals surface area contributed by atoms with Crippen LogP contribution in [0.15, 0.2) is 66.7 Å². The smallest absolute Gasteiger partial charge is 0.255 e. The van der Waals surface area contributed by atoms with E-state index in [9.17, 15) is 4.79 Å². The molecule has 0 aliphatic carbocycles. The Morgan fingerprint density at radius 1 is 0.933 bits per heavy atom. The van der Waals surface area contributed by atoms with Crippen molar-refractivity contribution in [3.8, 4) is 11.5 Å². The van der Waals surface area contributed by atoms with Crippen LogP contribution in [0.3, 0.4) is 0 Å². The van der Waals surface area contributed by atoms with E-state index in [0.717, 1.165) is 28.1 Å². The van der Waals surface area contributed by atoms with Crippen molar-refractivity contribution in [3.05, 3.63) is 89.0 Å². The molecule has 0 radical (unpaired) electrons. The Labute approximate surface area is 178 Å². The first-order valence-electron chi connectivity index (χ1n) is 10.0. The number of aryl methyl sites for hydroxylation is 1. The molecule has 0 aliphatic rings. The van der Waals surface area contributed by atoms with Crippen LogP contribution in [0.1, 0.15) is 47.8 Å². The summed E-state index contributed by atoms with van der Waals surface area (Å²) in [6, 6.07) is 21.1. The van der Waals surface area contributed by atoms with Crippen LogP contribution in [-0.4, -0.2) is 13.0 Å². The Balaban J connectivity index is 1.80. The Kier molecular flexibility index (Phi) is 6.46. The van der Waals surface area contributed by atoms with Crippen molar-refractivity contribution in [2.24, 2.45) is 0 Å². The van der Waals surface area contributed by atoms with Crippen LogP contribution in [-0.2, 0) is 12.0 Å².